The summed E-state index contributed by atoms with van der Waals surface area (Å²) in [6.45, 7) is 6.36. The molecule has 0 aliphatic heterocycles. The van der Waals surface area contributed by atoms with Crippen LogP contribution in [0.15, 0.2) is 48.5 Å². The molecule has 0 fully saturated rings. The van der Waals surface area contributed by atoms with Crippen molar-refractivity contribution in [3.8, 4) is 5.75 Å². The lowest BCUT2D eigenvalue weighted by Gasteiger charge is -2.15. The molecule has 0 heterocycles. The van der Waals surface area contributed by atoms with Crippen molar-refractivity contribution in [3.05, 3.63) is 59.7 Å². The van der Waals surface area contributed by atoms with Crippen molar-refractivity contribution in [2.75, 3.05) is 11.9 Å². The van der Waals surface area contributed by atoms with Crippen LogP contribution in [0.25, 0.3) is 0 Å². The molecule has 1 amide bonds. The number of anilines is 1. The normalized spacial score (nSPS) is 11.6. The first-order chi connectivity index (χ1) is 14.0. The van der Waals surface area contributed by atoms with E-state index < -0.39 is 6.10 Å². The topological polar surface area (TPSA) is 64.6 Å². The Bertz CT molecular complexity index is 786. The molecule has 5 heteroatoms. The SMILES string of the molecule is CCCCCCOC(=O)c1ccc(NC(=O)C(C)Oc2cccc(CC)c2)cc1. The second kappa shape index (κ2) is 11.9. The third-order valence-corrected chi connectivity index (χ3v) is 4.61. The molecule has 0 spiro atoms. The standard InChI is InChI=1S/C24H31NO4/c1-4-6-7-8-16-28-24(27)20-12-14-21(15-13-20)25-23(26)18(3)29-22-11-9-10-19(5-2)17-22/h9-15,17-18H,4-8,16H2,1-3H3,(H,25,26). The lowest BCUT2D eigenvalue weighted by Crippen LogP contribution is -2.30. The number of amides is 1. The van der Waals surface area contributed by atoms with E-state index in [0.717, 1.165) is 37.7 Å². The van der Waals surface area contributed by atoms with E-state index in [1.165, 1.54) is 0 Å². The summed E-state index contributed by atoms with van der Waals surface area (Å²) in [4.78, 5) is 24.4. The molecule has 0 bridgehead atoms. The van der Waals surface area contributed by atoms with Gasteiger partial charge in [-0.2, -0.15) is 0 Å². The van der Waals surface area contributed by atoms with Crippen LogP contribution in [0.1, 0.15) is 62.4 Å². The molecule has 156 valence electrons. The highest BCUT2D eigenvalue weighted by atomic mass is 16.5. The van der Waals surface area contributed by atoms with Gasteiger partial charge in [0.15, 0.2) is 6.10 Å². The molecule has 2 aromatic rings. The van der Waals surface area contributed by atoms with Crippen LogP contribution in [0.2, 0.25) is 0 Å². The Morgan fingerprint density at radius 2 is 1.76 bits per heavy atom. The fourth-order valence-electron chi connectivity index (χ4n) is 2.81. The molecule has 0 saturated carbocycles. The van der Waals surface area contributed by atoms with E-state index in [4.69, 9.17) is 9.47 Å². The Balaban J connectivity index is 1.83. The number of rotatable bonds is 11. The van der Waals surface area contributed by atoms with Gasteiger partial charge in [0.1, 0.15) is 5.75 Å². The van der Waals surface area contributed by atoms with Crippen molar-refractivity contribution in [2.24, 2.45) is 0 Å². The van der Waals surface area contributed by atoms with Gasteiger partial charge < -0.3 is 14.8 Å². The predicted octanol–water partition coefficient (Wildman–Crippen LogP) is 5.39. The number of hydrogen-bond acceptors (Lipinski definition) is 4. The Morgan fingerprint density at radius 1 is 1.00 bits per heavy atom. The molecule has 0 aromatic heterocycles. The summed E-state index contributed by atoms with van der Waals surface area (Å²) in [6, 6.07) is 14.4. The number of ether oxygens (including phenoxy) is 2. The number of benzene rings is 2. The molecule has 1 N–H and O–H groups in total. The summed E-state index contributed by atoms with van der Waals surface area (Å²) < 4.78 is 11.0. The highest BCUT2D eigenvalue weighted by molar-refractivity contribution is 5.95. The summed E-state index contributed by atoms with van der Waals surface area (Å²) >= 11 is 0. The molecule has 0 aliphatic rings. The van der Waals surface area contributed by atoms with Gasteiger partial charge in [0.05, 0.1) is 12.2 Å². The van der Waals surface area contributed by atoms with Crippen LogP contribution in [-0.4, -0.2) is 24.6 Å². The summed E-state index contributed by atoms with van der Waals surface area (Å²) in [6.07, 6.45) is 4.51. The van der Waals surface area contributed by atoms with Crippen LogP contribution in [0, 0.1) is 0 Å². The first kappa shape index (κ1) is 22.5. The summed E-state index contributed by atoms with van der Waals surface area (Å²) in [5.41, 5.74) is 2.23. The van der Waals surface area contributed by atoms with Crippen LogP contribution in [-0.2, 0) is 16.0 Å². The first-order valence-electron chi connectivity index (χ1n) is 10.4. The minimum atomic E-state index is -0.644. The number of unbranched alkanes of at least 4 members (excludes halogenated alkanes) is 3. The minimum absolute atomic E-state index is 0.252. The van der Waals surface area contributed by atoms with Gasteiger partial charge >= 0.3 is 5.97 Å². The Labute approximate surface area is 173 Å². The van der Waals surface area contributed by atoms with Gasteiger partial charge in [-0.15, -0.1) is 0 Å². The lowest BCUT2D eigenvalue weighted by atomic mass is 10.1. The molecule has 1 unspecified atom stereocenters. The van der Waals surface area contributed by atoms with Gasteiger partial charge in [-0.05, 0) is 61.7 Å². The number of nitrogens with one attached hydrogen (secondary N) is 1. The van der Waals surface area contributed by atoms with E-state index in [2.05, 4.69) is 19.2 Å². The monoisotopic (exact) mass is 397 g/mol. The van der Waals surface area contributed by atoms with Crippen molar-refractivity contribution in [2.45, 2.75) is 59.0 Å². The molecule has 0 aliphatic carbocycles. The maximum atomic E-state index is 12.4. The quantitative estimate of drug-likeness (QED) is 0.408. The van der Waals surface area contributed by atoms with Gasteiger partial charge in [0.25, 0.3) is 5.91 Å². The van der Waals surface area contributed by atoms with Gasteiger partial charge in [-0.25, -0.2) is 4.79 Å². The van der Waals surface area contributed by atoms with Crippen molar-refractivity contribution in [1.82, 2.24) is 0 Å². The highest BCUT2D eigenvalue weighted by Gasteiger charge is 2.15. The lowest BCUT2D eigenvalue weighted by molar-refractivity contribution is -0.122. The Kier molecular flexibility index (Phi) is 9.22. The Morgan fingerprint density at radius 3 is 2.45 bits per heavy atom. The average molecular weight is 398 g/mol. The molecule has 1 atom stereocenters. The molecule has 0 saturated heterocycles. The molecular weight excluding hydrogens is 366 g/mol. The van der Waals surface area contributed by atoms with E-state index >= 15 is 0 Å². The molecular formula is C24H31NO4. The zero-order chi connectivity index (χ0) is 21.1. The first-order valence-corrected chi connectivity index (χ1v) is 10.4. The van der Waals surface area contributed by atoms with Crippen LogP contribution in [0.5, 0.6) is 5.75 Å². The molecule has 5 nitrogen and oxygen atoms in total. The summed E-state index contributed by atoms with van der Waals surface area (Å²) in [5, 5.41) is 2.81. The molecule has 2 aromatic carbocycles. The fraction of sp³-hybridized carbons (Fsp3) is 0.417. The number of carbonyl (C=O) groups excluding carboxylic acids is 2. The zero-order valence-corrected chi connectivity index (χ0v) is 17.6. The smallest absolute Gasteiger partial charge is 0.338 e. The highest BCUT2D eigenvalue weighted by Crippen LogP contribution is 2.17. The van der Waals surface area contributed by atoms with Crippen molar-refractivity contribution < 1.29 is 19.1 Å². The van der Waals surface area contributed by atoms with Crippen LogP contribution >= 0.6 is 0 Å². The number of hydrogen-bond donors (Lipinski definition) is 1. The third kappa shape index (κ3) is 7.60. The zero-order valence-electron chi connectivity index (χ0n) is 17.6. The predicted molar refractivity (Wildman–Crippen MR) is 115 cm³/mol. The van der Waals surface area contributed by atoms with Gasteiger partial charge in [0, 0.05) is 5.69 Å². The van der Waals surface area contributed by atoms with E-state index in [-0.39, 0.29) is 11.9 Å². The Hall–Kier alpha value is -2.82. The van der Waals surface area contributed by atoms with E-state index in [1.54, 1.807) is 31.2 Å². The maximum absolute atomic E-state index is 12.4. The number of aryl methyl sites for hydroxylation is 1. The molecule has 29 heavy (non-hydrogen) atoms. The number of carbonyl (C=O) groups is 2. The second-order valence-corrected chi connectivity index (χ2v) is 7.02. The van der Waals surface area contributed by atoms with E-state index in [0.29, 0.717) is 23.6 Å². The van der Waals surface area contributed by atoms with E-state index in [9.17, 15) is 9.59 Å². The van der Waals surface area contributed by atoms with Gasteiger partial charge in [0.2, 0.25) is 0 Å². The van der Waals surface area contributed by atoms with Crippen molar-refractivity contribution in [3.63, 3.8) is 0 Å². The average Bonchev–Trinajstić information content (AvgIpc) is 2.74. The maximum Gasteiger partial charge on any atom is 0.338 e. The van der Waals surface area contributed by atoms with Crippen LogP contribution in [0.3, 0.4) is 0 Å². The third-order valence-electron chi connectivity index (χ3n) is 4.61. The van der Waals surface area contributed by atoms with E-state index in [1.807, 2.05) is 24.3 Å². The summed E-state index contributed by atoms with van der Waals surface area (Å²) in [7, 11) is 0. The van der Waals surface area contributed by atoms with Crippen LogP contribution < -0.4 is 10.1 Å². The molecule has 2 rings (SSSR count). The van der Waals surface area contributed by atoms with Gasteiger partial charge in [-0.1, -0.05) is 45.2 Å². The largest absolute Gasteiger partial charge is 0.481 e. The number of esters is 1. The van der Waals surface area contributed by atoms with Crippen molar-refractivity contribution >= 4 is 17.6 Å². The summed E-state index contributed by atoms with van der Waals surface area (Å²) in [5.74, 6) is 0.0778. The fourth-order valence-corrected chi connectivity index (χ4v) is 2.81. The van der Waals surface area contributed by atoms with Crippen LogP contribution in [0.4, 0.5) is 5.69 Å². The minimum Gasteiger partial charge on any atom is -0.481 e. The van der Waals surface area contributed by atoms with Gasteiger partial charge in [-0.3, -0.25) is 4.79 Å². The van der Waals surface area contributed by atoms with Crippen molar-refractivity contribution in [1.29, 1.82) is 0 Å². The second-order valence-electron chi connectivity index (χ2n) is 7.02. The molecule has 0 radical (unpaired) electrons.